The van der Waals surface area contributed by atoms with E-state index in [0.717, 1.165) is 19.3 Å². The summed E-state index contributed by atoms with van der Waals surface area (Å²) in [5.41, 5.74) is 2.20. The SMILES string of the molecule is C=CC1(C)CCC(C2=CCC(C(C)(C)OC(C)=O)OC2)CC1C(=C)C. The largest absolute Gasteiger partial charge is 0.457 e. The zero-order chi connectivity index (χ0) is 18.8. The molecule has 2 rings (SSSR count). The second kappa shape index (κ2) is 7.49. The van der Waals surface area contributed by atoms with Gasteiger partial charge in [-0.25, -0.2) is 0 Å². The minimum atomic E-state index is -0.595. The highest BCUT2D eigenvalue weighted by atomic mass is 16.6. The van der Waals surface area contributed by atoms with Gasteiger partial charge in [-0.15, -0.1) is 6.58 Å². The van der Waals surface area contributed by atoms with E-state index in [0.29, 0.717) is 18.4 Å². The molecule has 4 atom stereocenters. The Labute approximate surface area is 153 Å². The first-order valence-corrected chi connectivity index (χ1v) is 9.38. The van der Waals surface area contributed by atoms with E-state index < -0.39 is 5.60 Å². The number of ether oxygens (including phenoxy) is 2. The maximum absolute atomic E-state index is 11.3. The molecule has 0 aromatic rings. The molecule has 0 radical (unpaired) electrons. The summed E-state index contributed by atoms with van der Waals surface area (Å²) in [7, 11) is 0. The van der Waals surface area contributed by atoms with Crippen LogP contribution in [0.1, 0.15) is 60.3 Å². The second-order valence-corrected chi connectivity index (χ2v) is 8.59. The van der Waals surface area contributed by atoms with Gasteiger partial charge in [0, 0.05) is 6.92 Å². The van der Waals surface area contributed by atoms with Crippen LogP contribution >= 0.6 is 0 Å². The third-order valence-electron chi connectivity index (χ3n) is 6.16. The molecular formula is C22H34O3. The van der Waals surface area contributed by atoms with E-state index in [4.69, 9.17) is 9.47 Å². The van der Waals surface area contributed by atoms with Crippen molar-refractivity contribution >= 4 is 5.97 Å². The number of rotatable bonds is 5. The smallest absolute Gasteiger partial charge is 0.303 e. The van der Waals surface area contributed by atoms with Crippen LogP contribution in [-0.2, 0) is 14.3 Å². The fourth-order valence-electron chi connectivity index (χ4n) is 4.46. The molecule has 25 heavy (non-hydrogen) atoms. The summed E-state index contributed by atoms with van der Waals surface area (Å²) in [4.78, 5) is 11.3. The lowest BCUT2D eigenvalue weighted by atomic mass is 9.61. The molecule has 0 aromatic carbocycles. The maximum Gasteiger partial charge on any atom is 0.303 e. The zero-order valence-corrected chi connectivity index (χ0v) is 16.6. The fraction of sp³-hybridized carbons (Fsp3) is 0.682. The van der Waals surface area contributed by atoms with Crippen molar-refractivity contribution in [1.82, 2.24) is 0 Å². The van der Waals surface area contributed by atoms with Gasteiger partial charge in [0.15, 0.2) is 0 Å². The van der Waals surface area contributed by atoms with Gasteiger partial charge in [0.2, 0.25) is 0 Å². The molecule has 0 bridgehead atoms. The molecule has 3 heteroatoms. The van der Waals surface area contributed by atoms with Gasteiger partial charge in [-0.3, -0.25) is 4.79 Å². The van der Waals surface area contributed by atoms with Crippen LogP contribution in [-0.4, -0.2) is 24.3 Å². The van der Waals surface area contributed by atoms with Crippen LogP contribution in [0.3, 0.4) is 0 Å². The van der Waals surface area contributed by atoms with Crippen molar-refractivity contribution in [3.8, 4) is 0 Å². The third-order valence-corrected chi connectivity index (χ3v) is 6.16. The van der Waals surface area contributed by atoms with Crippen LogP contribution in [0.5, 0.6) is 0 Å². The molecule has 0 N–H and O–H groups in total. The van der Waals surface area contributed by atoms with Crippen LogP contribution in [0.4, 0.5) is 0 Å². The van der Waals surface area contributed by atoms with Crippen molar-refractivity contribution in [2.24, 2.45) is 17.3 Å². The summed E-state index contributed by atoms with van der Waals surface area (Å²) < 4.78 is 11.5. The van der Waals surface area contributed by atoms with Crippen molar-refractivity contribution in [1.29, 1.82) is 0 Å². The van der Waals surface area contributed by atoms with E-state index in [1.54, 1.807) is 0 Å². The van der Waals surface area contributed by atoms with E-state index in [1.165, 1.54) is 24.5 Å². The van der Waals surface area contributed by atoms with E-state index >= 15 is 0 Å². The highest BCUT2D eigenvalue weighted by molar-refractivity contribution is 5.66. The monoisotopic (exact) mass is 346 g/mol. The lowest BCUT2D eigenvalue weighted by Crippen LogP contribution is -2.44. The van der Waals surface area contributed by atoms with Gasteiger partial charge in [0.05, 0.1) is 6.61 Å². The minimum absolute atomic E-state index is 0.0841. The van der Waals surface area contributed by atoms with Crippen molar-refractivity contribution < 1.29 is 14.3 Å². The van der Waals surface area contributed by atoms with Crippen molar-refractivity contribution in [2.45, 2.75) is 72.0 Å². The molecule has 0 amide bonds. The lowest BCUT2D eigenvalue weighted by Gasteiger charge is -2.45. The normalized spacial score (nSPS) is 33.3. The zero-order valence-electron chi connectivity index (χ0n) is 16.6. The lowest BCUT2D eigenvalue weighted by molar-refractivity contribution is -0.170. The van der Waals surface area contributed by atoms with Crippen LogP contribution in [0.15, 0.2) is 36.5 Å². The predicted molar refractivity (Wildman–Crippen MR) is 102 cm³/mol. The molecule has 4 unspecified atom stereocenters. The van der Waals surface area contributed by atoms with Gasteiger partial charge >= 0.3 is 5.97 Å². The van der Waals surface area contributed by atoms with E-state index in [2.05, 4.69) is 39.2 Å². The van der Waals surface area contributed by atoms with Gasteiger partial charge in [0.1, 0.15) is 11.7 Å². The van der Waals surface area contributed by atoms with Crippen LogP contribution < -0.4 is 0 Å². The Kier molecular flexibility index (Phi) is 5.98. The molecule has 0 saturated heterocycles. The fourth-order valence-corrected chi connectivity index (χ4v) is 4.46. The molecule has 3 nitrogen and oxygen atoms in total. The first kappa shape index (κ1) is 20.0. The molecule has 2 aliphatic rings. The summed E-state index contributed by atoms with van der Waals surface area (Å²) in [6, 6.07) is 0. The molecular weight excluding hydrogens is 312 g/mol. The van der Waals surface area contributed by atoms with Crippen LogP contribution in [0.25, 0.3) is 0 Å². The van der Waals surface area contributed by atoms with E-state index in [1.807, 2.05) is 13.8 Å². The highest BCUT2D eigenvalue weighted by Gasteiger charge is 2.41. The molecule has 1 aliphatic heterocycles. The number of carbonyl (C=O) groups is 1. The summed E-state index contributed by atoms with van der Waals surface area (Å²) >= 11 is 0. The first-order valence-electron chi connectivity index (χ1n) is 9.38. The predicted octanol–water partition coefficient (Wildman–Crippen LogP) is 5.23. The molecule has 1 fully saturated rings. The maximum atomic E-state index is 11.3. The molecule has 140 valence electrons. The molecule has 1 saturated carbocycles. The first-order chi connectivity index (χ1) is 11.6. The number of hydrogen-bond donors (Lipinski definition) is 0. The number of carbonyl (C=O) groups excluding carboxylic acids is 1. The molecule has 0 aromatic heterocycles. The Hall–Kier alpha value is -1.35. The van der Waals surface area contributed by atoms with Gasteiger partial charge < -0.3 is 9.47 Å². The Morgan fingerprint density at radius 2 is 2.12 bits per heavy atom. The summed E-state index contributed by atoms with van der Waals surface area (Å²) in [5, 5.41) is 0. The van der Waals surface area contributed by atoms with Gasteiger partial charge in [-0.1, -0.05) is 31.2 Å². The van der Waals surface area contributed by atoms with Crippen molar-refractivity contribution in [2.75, 3.05) is 6.61 Å². The average Bonchev–Trinajstić information content (AvgIpc) is 2.54. The molecule has 1 aliphatic carbocycles. The number of hydrogen-bond acceptors (Lipinski definition) is 3. The average molecular weight is 347 g/mol. The number of esters is 1. The summed E-state index contributed by atoms with van der Waals surface area (Å²) in [6.45, 7) is 18.7. The van der Waals surface area contributed by atoms with Crippen LogP contribution in [0, 0.1) is 17.3 Å². The Balaban J connectivity index is 2.05. The minimum Gasteiger partial charge on any atom is -0.457 e. The van der Waals surface area contributed by atoms with Gasteiger partial charge in [0.25, 0.3) is 0 Å². The van der Waals surface area contributed by atoms with Gasteiger partial charge in [-0.2, -0.15) is 0 Å². The Bertz CT molecular complexity index is 572. The van der Waals surface area contributed by atoms with Crippen molar-refractivity contribution in [3.05, 3.63) is 36.5 Å². The highest BCUT2D eigenvalue weighted by Crippen LogP contribution is 2.49. The van der Waals surface area contributed by atoms with Crippen molar-refractivity contribution in [3.63, 3.8) is 0 Å². The number of allylic oxidation sites excluding steroid dienone is 2. The molecule has 1 heterocycles. The Morgan fingerprint density at radius 3 is 2.60 bits per heavy atom. The van der Waals surface area contributed by atoms with E-state index in [9.17, 15) is 4.79 Å². The Morgan fingerprint density at radius 1 is 1.44 bits per heavy atom. The second-order valence-electron chi connectivity index (χ2n) is 8.59. The molecule has 0 spiro atoms. The topological polar surface area (TPSA) is 35.5 Å². The standard InChI is InChI=1S/C22H34O3/c1-8-22(7)12-11-17(13-19(22)15(2)3)18-9-10-20(24-14-18)21(5,6)25-16(4)23/h8-9,17,19-20H,1-2,10-14H2,3-7H3. The summed E-state index contributed by atoms with van der Waals surface area (Å²) in [5.74, 6) is 0.760. The summed E-state index contributed by atoms with van der Waals surface area (Å²) in [6.07, 6.45) is 8.56. The van der Waals surface area contributed by atoms with Crippen LogP contribution in [0.2, 0.25) is 0 Å². The third kappa shape index (κ3) is 4.44. The quantitative estimate of drug-likeness (QED) is 0.505. The van der Waals surface area contributed by atoms with Gasteiger partial charge in [-0.05, 0) is 69.3 Å². The van der Waals surface area contributed by atoms with E-state index in [-0.39, 0.29) is 17.5 Å².